The average molecular weight is 261 g/mol. The third kappa shape index (κ3) is 2.45. The second kappa shape index (κ2) is 4.99. The molecule has 3 rings (SSSR count). The molecule has 1 saturated heterocycles. The lowest BCUT2D eigenvalue weighted by Crippen LogP contribution is -2.15. The number of aliphatic hydroxyl groups is 1. The molecule has 0 saturated carbocycles. The predicted molar refractivity (Wildman–Crippen MR) is 67.7 cm³/mol. The maximum Gasteiger partial charge on any atom is 0.244 e. The molecule has 0 spiro atoms. The quantitative estimate of drug-likeness (QED) is 0.862. The number of ether oxygens (including phenoxy) is 1. The summed E-state index contributed by atoms with van der Waals surface area (Å²) in [5.74, 6) is 1.78. The zero-order chi connectivity index (χ0) is 13.2. The van der Waals surface area contributed by atoms with Crippen molar-refractivity contribution in [2.45, 2.75) is 18.6 Å². The zero-order valence-corrected chi connectivity index (χ0v) is 10.5. The molecule has 2 atom stereocenters. The molecule has 6 heteroatoms. The van der Waals surface area contributed by atoms with Crippen molar-refractivity contribution in [1.82, 2.24) is 15.5 Å². The first kappa shape index (κ1) is 12.1. The van der Waals surface area contributed by atoms with Crippen LogP contribution in [0.1, 0.15) is 18.4 Å². The van der Waals surface area contributed by atoms with Crippen LogP contribution in [0.15, 0.2) is 28.8 Å². The Bertz CT molecular complexity index is 570. The number of nitrogens with zero attached hydrogens (tertiary/aromatic N) is 2. The van der Waals surface area contributed by atoms with Gasteiger partial charge in [0, 0.05) is 12.1 Å². The molecule has 0 amide bonds. The Labute approximate surface area is 110 Å². The van der Waals surface area contributed by atoms with Gasteiger partial charge in [-0.3, -0.25) is 0 Å². The van der Waals surface area contributed by atoms with Gasteiger partial charge in [-0.1, -0.05) is 17.3 Å². The van der Waals surface area contributed by atoms with Crippen LogP contribution in [0, 0.1) is 0 Å². The van der Waals surface area contributed by atoms with E-state index in [9.17, 15) is 5.11 Å². The first-order valence-corrected chi connectivity index (χ1v) is 6.16. The van der Waals surface area contributed by atoms with Crippen molar-refractivity contribution in [2.75, 3.05) is 13.7 Å². The Morgan fingerprint density at radius 3 is 3.11 bits per heavy atom. The van der Waals surface area contributed by atoms with E-state index in [0.717, 1.165) is 11.3 Å². The lowest BCUT2D eigenvalue weighted by molar-refractivity contribution is 0.191. The van der Waals surface area contributed by atoms with Gasteiger partial charge >= 0.3 is 0 Å². The molecule has 2 aromatic rings. The summed E-state index contributed by atoms with van der Waals surface area (Å²) in [7, 11) is 1.62. The van der Waals surface area contributed by atoms with Crippen LogP contribution < -0.4 is 10.1 Å². The van der Waals surface area contributed by atoms with Gasteiger partial charge in [0.25, 0.3) is 0 Å². The molecule has 1 fully saturated rings. The van der Waals surface area contributed by atoms with Crippen LogP contribution >= 0.6 is 0 Å². The van der Waals surface area contributed by atoms with Crippen molar-refractivity contribution >= 4 is 0 Å². The van der Waals surface area contributed by atoms with Gasteiger partial charge in [0.15, 0.2) is 0 Å². The van der Waals surface area contributed by atoms with E-state index in [1.807, 2.05) is 24.3 Å². The summed E-state index contributed by atoms with van der Waals surface area (Å²) in [6.07, 6.45) is 0.247. The van der Waals surface area contributed by atoms with Crippen molar-refractivity contribution in [3.63, 3.8) is 0 Å². The van der Waals surface area contributed by atoms with Gasteiger partial charge in [0.05, 0.1) is 19.3 Å². The molecule has 2 heterocycles. The minimum atomic E-state index is -0.350. The molecule has 1 aromatic heterocycles. The van der Waals surface area contributed by atoms with Gasteiger partial charge in [0.1, 0.15) is 5.75 Å². The van der Waals surface area contributed by atoms with Gasteiger partial charge in [0.2, 0.25) is 11.7 Å². The van der Waals surface area contributed by atoms with Crippen LogP contribution in [0.5, 0.6) is 5.75 Å². The minimum absolute atomic E-state index is 0.0677. The summed E-state index contributed by atoms with van der Waals surface area (Å²) in [6.45, 7) is 0.557. The standard InChI is InChI=1S/C13H15N3O3/c1-18-10-4-2-3-8(5-10)12-15-13(19-16-12)11-6-9(17)7-14-11/h2-5,9,11,14,17H,6-7H2,1H3/t9-,11-/m1/s1. The van der Waals surface area contributed by atoms with E-state index in [1.165, 1.54) is 0 Å². The summed E-state index contributed by atoms with van der Waals surface area (Å²) in [5.41, 5.74) is 0.841. The van der Waals surface area contributed by atoms with Gasteiger partial charge in [-0.25, -0.2) is 0 Å². The van der Waals surface area contributed by atoms with E-state index >= 15 is 0 Å². The Morgan fingerprint density at radius 1 is 1.47 bits per heavy atom. The monoisotopic (exact) mass is 261 g/mol. The maximum absolute atomic E-state index is 9.48. The Hall–Kier alpha value is -1.92. The summed E-state index contributed by atoms with van der Waals surface area (Å²) in [4.78, 5) is 4.37. The van der Waals surface area contributed by atoms with Crippen molar-refractivity contribution in [3.05, 3.63) is 30.2 Å². The number of β-amino-alcohol motifs (C(OH)–C–C–N with tert-alkyl or cyclic N) is 1. The number of methoxy groups -OCH3 is 1. The highest BCUT2D eigenvalue weighted by molar-refractivity contribution is 5.56. The first-order valence-electron chi connectivity index (χ1n) is 6.16. The van der Waals surface area contributed by atoms with E-state index in [-0.39, 0.29) is 12.1 Å². The highest BCUT2D eigenvalue weighted by Crippen LogP contribution is 2.26. The molecule has 0 unspecified atom stereocenters. The summed E-state index contributed by atoms with van der Waals surface area (Å²) in [5, 5.41) is 16.6. The molecule has 0 radical (unpaired) electrons. The Morgan fingerprint density at radius 2 is 2.37 bits per heavy atom. The van der Waals surface area contributed by atoms with Crippen molar-refractivity contribution < 1.29 is 14.4 Å². The molecule has 1 aliphatic rings. The van der Waals surface area contributed by atoms with Crippen LogP contribution in [-0.4, -0.2) is 35.0 Å². The normalized spacial score (nSPS) is 22.6. The van der Waals surface area contributed by atoms with Crippen molar-refractivity contribution in [1.29, 1.82) is 0 Å². The second-order valence-corrected chi connectivity index (χ2v) is 4.54. The molecule has 1 aliphatic heterocycles. The smallest absolute Gasteiger partial charge is 0.244 e. The Balaban J connectivity index is 1.84. The summed E-state index contributed by atoms with van der Waals surface area (Å²) < 4.78 is 10.4. The van der Waals surface area contributed by atoms with E-state index in [0.29, 0.717) is 24.7 Å². The summed E-state index contributed by atoms with van der Waals surface area (Å²) >= 11 is 0. The molecule has 19 heavy (non-hydrogen) atoms. The van der Waals surface area contributed by atoms with Crippen LogP contribution in [0.3, 0.4) is 0 Å². The van der Waals surface area contributed by atoms with Crippen molar-refractivity contribution in [2.24, 2.45) is 0 Å². The molecule has 0 aliphatic carbocycles. The van der Waals surface area contributed by atoms with Crippen LogP contribution in [-0.2, 0) is 0 Å². The van der Waals surface area contributed by atoms with Gasteiger partial charge in [-0.2, -0.15) is 4.98 Å². The third-order valence-electron chi connectivity index (χ3n) is 3.18. The molecular formula is C13H15N3O3. The highest BCUT2D eigenvalue weighted by atomic mass is 16.5. The number of aromatic nitrogens is 2. The number of hydrogen-bond acceptors (Lipinski definition) is 6. The second-order valence-electron chi connectivity index (χ2n) is 4.54. The van der Waals surface area contributed by atoms with E-state index in [4.69, 9.17) is 9.26 Å². The predicted octanol–water partition coefficient (Wildman–Crippen LogP) is 1.14. The number of hydrogen-bond donors (Lipinski definition) is 2. The molecule has 6 nitrogen and oxygen atoms in total. The van der Waals surface area contributed by atoms with Gasteiger partial charge in [-0.05, 0) is 18.6 Å². The van der Waals surface area contributed by atoms with Crippen LogP contribution in [0.25, 0.3) is 11.4 Å². The lowest BCUT2D eigenvalue weighted by Gasteiger charge is -2.02. The zero-order valence-electron chi connectivity index (χ0n) is 10.5. The SMILES string of the molecule is COc1cccc(-c2noc([C@H]3C[C@@H](O)CN3)n2)c1. The number of benzene rings is 1. The van der Waals surface area contributed by atoms with E-state index in [2.05, 4.69) is 15.5 Å². The number of rotatable bonds is 3. The minimum Gasteiger partial charge on any atom is -0.497 e. The largest absolute Gasteiger partial charge is 0.497 e. The molecule has 0 bridgehead atoms. The van der Waals surface area contributed by atoms with Gasteiger partial charge in [-0.15, -0.1) is 0 Å². The highest BCUT2D eigenvalue weighted by Gasteiger charge is 2.28. The number of nitrogens with one attached hydrogen (secondary N) is 1. The fourth-order valence-corrected chi connectivity index (χ4v) is 2.16. The third-order valence-corrected chi connectivity index (χ3v) is 3.18. The molecule has 1 aromatic carbocycles. The van der Waals surface area contributed by atoms with E-state index in [1.54, 1.807) is 7.11 Å². The van der Waals surface area contributed by atoms with E-state index < -0.39 is 0 Å². The Kier molecular flexibility index (Phi) is 3.18. The lowest BCUT2D eigenvalue weighted by atomic mass is 10.2. The number of aliphatic hydroxyl groups excluding tert-OH is 1. The van der Waals surface area contributed by atoms with Crippen LogP contribution in [0.2, 0.25) is 0 Å². The fraction of sp³-hybridized carbons (Fsp3) is 0.385. The molecule has 100 valence electrons. The maximum atomic E-state index is 9.48. The summed E-state index contributed by atoms with van der Waals surface area (Å²) in [6, 6.07) is 7.42. The topological polar surface area (TPSA) is 80.4 Å². The average Bonchev–Trinajstić information content (AvgIpc) is 3.07. The first-order chi connectivity index (χ1) is 9.26. The molecule has 2 N–H and O–H groups in total. The van der Waals surface area contributed by atoms with Gasteiger partial charge < -0.3 is 19.7 Å². The fourth-order valence-electron chi connectivity index (χ4n) is 2.16. The van der Waals surface area contributed by atoms with Crippen molar-refractivity contribution in [3.8, 4) is 17.1 Å². The molecular weight excluding hydrogens is 246 g/mol. The van der Waals surface area contributed by atoms with Crippen LogP contribution in [0.4, 0.5) is 0 Å².